The molecule has 1 heterocycles. The molecule has 1 N–H and O–H groups in total. The Balaban J connectivity index is 2.25. The number of nitrogens with one attached hydrogen (secondary N) is 1. The van der Waals surface area contributed by atoms with Gasteiger partial charge in [-0.3, -0.25) is 4.79 Å². The highest BCUT2D eigenvalue weighted by atomic mass is 32.2. The quantitative estimate of drug-likeness (QED) is 0.786. The third-order valence-electron chi connectivity index (χ3n) is 4.63. The summed E-state index contributed by atoms with van der Waals surface area (Å²) in [5, 5.41) is 2.85. The van der Waals surface area contributed by atoms with Crippen LogP contribution in [0.15, 0.2) is 23.1 Å². The average Bonchev–Trinajstić information content (AvgIpc) is 2.90. The maximum Gasteiger partial charge on any atom is 0.255 e. The Bertz CT molecular complexity index is 708. The fourth-order valence-electron chi connectivity index (χ4n) is 3.03. The van der Waals surface area contributed by atoms with Crippen molar-refractivity contribution in [1.29, 1.82) is 0 Å². The average molecular weight is 383 g/mol. The summed E-state index contributed by atoms with van der Waals surface area (Å²) in [7, 11) is -2.13. The van der Waals surface area contributed by atoms with Crippen LogP contribution in [0.2, 0.25) is 0 Å². The summed E-state index contributed by atoms with van der Waals surface area (Å²) in [4.78, 5) is 12.7. The minimum absolute atomic E-state index is 0.147. The van der Waals surface area contributed by atoms with Crippen LogP contribution in [0.25, 0.3) is 0 Å². The molecular weight excluding hydrogens is 352 g/mol. The molecule has 0 aliphatic carbocycles. The van der Waals surface area contributed by atoms with Crippen LogP contribution < -0.4 is 10.1 Å². The Hall–Kier alpha value is -1.60. The first-order valence-corrected chi connectivity index (χ1v) is 10.8. The SMILES string of the molecule is COc1ccc(S(=O)(=O)N2CCCCCC2)cc1C(=O)NCCC(C)C. The van der Waals surface area contributed by atoms with Crippen LogP contribution in [0.3, 0.4) is 0 Å². The van der Waals surface area contributed by atoms with Crippen molar-refractivity contribution in [3.05, 3.63) is 23.8 Å². The Kier molecular flexibility index (Phi) is 7.46. The third kappa shape index (κ3) is 5.20. The van der Waals surface area contributed by atoms with Gasteiger partial charge in [0.05, 0.1) is 17.6 Å². The van der Waals surface area contributed by atoms with Gasteiger partial charge in [0.1, 0.15) is 5.75 Å². The predicted octanol–water partition coefficient (Wildman–Crippen LogP) is 3.04. The largest absolute Gasteiger partial charge is 0.496 e. The van der Waals surface area contributed by atoms with Crippen LogP contribution in [0.4, 0.5) is 0 Å². The molecule has 1 aliphatic rings. The van der Waals surface area contributed by atoms with Gasteiger partial charge in [-0.1, -0.05) is 26.7 Å². The molecule has 1 amide bonds. The van der Waals surface area contributed by atoms with E-state index in [0.29, 0.717) is 31.3 Å². The highest BCUT2D eigenvalue weighted by Crippen LogP contribution is 2.26. The summed E-state index contributed by atoms with van der Waals surface area (Å²) >= 11 is 0. The summed E-state index contributed by atoms with van der Waals surface area (Å²) in [5.74, 6) is 0.546. The number of carbonyl (C=O) groups is 1. The smallest absolute Gasteiger partial charge is 0.255 e. The van der Waals surface area contributed by atoms with Crippen molar-refractivity contribution in [2.24, 2.45) is 5.92 Å². The highest BCUT2D eigenvalue weighted by Gasteiger charge is 2.27. The fourth-order valence-corrected chi connectivity index (χ4v) is 4.57. The van der Waals surface area contributed by atoms with Gasteiger partial charge < -0.3 is 10.1 Å². The molecule has 1 aromatic rings. The monoisotopic (exact) mass is 382 g/mol. The van der Waals surface area contributed by atoms with Crippen molar-refractivity contribution >= 4 is 15.9 Å². The van der Waals surface area contributed by atoms with Crippen LogP contribution in [0, 0.1) is 5.92 Å². The van der Waals surface area contributed by atoms with Gasteiger partial charge in [0.2, 0.25) is 10.0 Å². The van der Waals surface area contributed by atoms with E-state index in [2.05, 4.69) is 19.2 Å². The standard InChI is InChI=1S/C19H30N2O4S/c1-15(2)10-11-20-19(22)17-14-16(8-9-18(17)25-3)26(23,24)21-12-6-4-5-7-13-21/h8-9,14-15H,4-7,10-13H2,1-3H3,(H,20,22). The van der Waals surface area contributed by atoms with Crippen molar-refractivity contribution in [3.63, 3.8) is 0 Å². The molecule has 1 saturated heterocycles. The van der Waals surface area contributed by atoms with E-state index in [9.17, 15) is 13.2 Å². The summed E-state index contributed by atoms with van der Waals surface area (Å²) < 4.78 is 32.7. The molecule has 2 rings (SSSR count). The molecule has 0 atom stereocenters. The molecule has 0 saturated carbocycles. The zero-order chi connectivity index (χ0) is 19.2. The lowest BCUT2D eigenvalue weighted by Crippen LogP contribution is -2.32. The van der Waals surface area contributed by atoms with E-state index in [-0.39, 0.29) is 16.4 Å². The second-order valence-electron chi connectivity index (χ2n) is 7.12. The second kappa shape index (κ2) is 9.37. The molecule has 0 unspecified atom stereocenters. The lowest BCUT2D eigenvalue weighted by Gasteiger charge is -2.20. The Labute approximate surface area is 157 Å². The van der Waals surface area contributed by atoms with E-state index >= 15 is 0 Å². The number of nitrogens with zero attached hydrogens (tertiary/aromatic N) is 1. The fraction of sp³-hybridized carbons (Fsp3) is 0.632. The summed E-state index contributed by atoms with van der Waals surface area (Å²) in [5.41, 5.74) is 0.257. The van der Waals surface area contributed by atoms with Crippen molar-refractivity contribution in [1.82, 2.24) is 9.62 Å². The van der Waals surface area contributed by atoms with Gasteiger partial charge in [0.15, 0.2) is 0 Å². The highest BCUT2D eigenvalue weighted by molar-refractivity contribution is 7.89. The molecule has 1 aliphatic heterocycles. The zero-order valence-electron chi connectivity index (χ0n) is 16.0. The molecule has 0 spiro atoms. The van der Waals surface area contributed by atoms with E-state index in [1.54, 1.807) is 6.07 Å². The van der Waals surface area contributed by atoms with Crippen molar-refractivity contribution in [2.45, 2.75) is 50.8 Å². The number of carbonyl (C=O) groups excluding carboxylic acids is 1. The first kappa shape index (κ1) is 20.7. The third-order valence-corrected chi connectivity index (χ3v) is 6.52. The topological polar surface area (TPSA) is 75.7 Å². The maximum absolute atomic E-state index is 13.0. The maximum atomic E-state index is 13.0. The summed E-state index contributed by atoms with van der Waals surface area (Å²) in [6, 6.07) is 4.51. The van der Waals surface area contributed by atoms with E-state index in [1.807, 2.05) is 0 Å². The second-order valence-corrected chi connectivity index (χ2v) is 9.06. The lowest BCUT2D eigenvalue weighted by molar-refractivity contribution is 0.0948. The normalized spacial score (nSPS) is 16.3. The van der Waals surface area contributed by atoms with Gasteiger partial charge in [-0.15, -0.1) is 0 Å². The number of ether oxygens (including phenoxy) is 1. The molecular formula is C19H30N2O4S. The number of benzene rings is 1. The van der Waals surface area contributed by atoms with E-state index in [4.69, 9.17) is 4.74 Å². The van der Waals surface area contributed by atoms with Gasteiger partial charge in [-0.05, 0) is 43.4 Å². The number of methoxy groups -OCH3 is 1. The molecule has 1 fully saturated rings. The Morgan fingerprint density at radius 3 is 2.42 bits per heavy atom. The predicted molar refractivity (Wildman–Crippen MR) is 102 cm³/mol. The Morgan fingerprint density at radius 2 is 1.85 bits per heavy atom. The van der Waals surface area contributed by atoms with Crippen LogP contribution in [-0.2, 0) is 10.0 Å². The molecule has 7 heteroatoms. The molecule has 0 radical (unpaired) electrons. The zero-order valence-corrected chi connectivity index (χ0v) is 16.8. The molecule has 0 bridgehead atoms. The summed E-state index contributed by atoms with van der Waals surface area (Å²) in [6.45, 7) is 5.78. The van der Waals surface area contributed by atoms with Gasteiger partial charge in [-0.2, -0.15) is 4.31 Å². The van der Waals surface area contributed by atoms with Crippen LogP contribution in [0.5, 0.6) is 5.75 Å². The van der Waals surface area contributed by atoms with Gasteiger partial charge in [0, 0.05) is 19.6 Å². The van der Waals surface area contributed by atoms with Gasteiger partial charge in [0.25, 0.3) is 5.91 Å². The van der Waals surface area contributed by atoms with E-state index < -0.39 is 10.0 Å². The minimum Gasteiger partial charge on any atom is -0.496 e. The molecule has 146 valence electrons. The lowest BCUT2D eigenvalue weighted by atomic mass is 10.1. The molecule has 1 aromatic carbocycles. The van der Waals surface area contributed by atoms with Crippen LogP contribution in [-0.4, -0.2) is 45.4 Å². The van der Waals surface area contributed by atoms with E-state index in [0.717, 1.165) is 32.1 Å². The Morgan fingerprint density at radius 1 is 1.19 bits per heavy atom. The van der Waals surface area contributed by atoms with Crippen molar-refractivity contribution in [3.8, 4) is 5.75 Å². The molecule has 26 heavy (non-hydrogen) atoms. The number of hydrogen-bond donors (Lipinski definition) is 1. The van der Waals surface area contributed by atoms with Crippen LogP contribution >= 0.6 is 0 Å². The van der Waals surface area contributed by atoms with Crippen molar-refractivity contribution in [2.75, 3.05) is 26.7 Å². The van der Waals surface area contributed by atoms with Gasteiger partial charge in [-0.25, -0.2) is 8.42 Å². The number of amides is 1. The van der Waals surface area contributed by atoms with E-state index in [1.165, 1.54) is 23.5 Å². The number of hydrogen-bond acceptors (Lipinski definition) is 4. The summed E-state index contributed by atoms with van der Waals surface area (Å²) in [6.07, 6.45) is 4.71. The van der Waals surface area contributed by atoms with Gasteiger partial charge >= 0.3 is 0 Å². The molecule has 6 nitrogen and oxygen atoms in total. The van der Waals surface area contributed by atoms with Crippen molar-refractivity contribution < 1.29 is 17.9 Å². The molecule has 0 aromatic heterocycles. The van der Waals surface area contributed by atoms with Crippen LogP contribution in [0.1, 0.15) is 56.3 Å². The number of sulfonamides is 1. The first-order chi connectivity index (χ1) is 12.4. The first-order valence-electron chi connectivity index (χ1n) is 9.32. The number of rotatable bonds is 7. The minimum atomic E-state index is -3.60.